The van der Waals surface area contributed by atoms with E-state index in [9.17, 15) is 4.79 Å². The lowest BCUT2D eigenvalue weighted by atomic mass is 10.2. The van der Waals surface area contributed by atoms with Crippen molar-refractivity contribution in [1.82, 2.24) is 9.55 Å². The van der Waals surface area contributed by atoms with E-state index in [1.165, 1.54) is 0 Å². The van der Waals surface area contributed by atoms with Crippen LogP contribution in [0.1, 0.15) is 27.3 Å². The summed E-state index contributed by atoms with van der Waals surface area (Å²) >= 11 is 0. The van der Waals surface area contributed by atoms with Gasteiger partial charge in [0.05, 0.1) is 17.4 Å². The zero-order valence-electron chi connectivity index (χ0n) is 14.6. The highest BCUT2D eigenvalue weighted by Crippen LogP contribution is 2.32. The second-order valence-corrected chi connectivity index (χ2v) is 6.10. The molecule has 0 unspecified atom stereocenters. The number of fused-ring (bicyclic) bond motifs is 1. The Bertz CT molecular complexity index is 963. The van der Waals surface area contributed by atoms with Crippen LogP contribution in [0.3, 0.4) is 0 Å². The van der Waals surface area contributed by atoms with Gasteiger partial charge in [0.25, 0.3) is 0 Å². The Balaban J connectivity index is 1.52. The van der Waals surface area contributed by atoms with Crippen molar-refractivity contribution in [2.45, 2.75) is 20.5 Å². The molecule has 0 bridgehead atoms. The van der Waals surface area contributed by atoms with Gasteiger partial charge in [-0.15, -0.1) is 0 Å². The third-order valence-electron chi connectivity index (χ3n) is 4.36. The second kappa shape index (κ2) is 6.55. The zero-order chi connectivity index (χ0) is 18.1. The maximum absolute atomic E-state index is 12.6. The molecule has 0 aliphatic carbocycles. The van der Waals surface area contributed by atoms with Gasteiger partial charge in [0.1, 0.15) is 6.61 Å². The Labute approximate surface area is 151 Å². The van der Waals surface area contributed by atoms with Crippen molar-refractivity contribution < 1.29 is 19.0 Å². The van der Waals surface area contributed by atoms with Crippen molar-refractivity contribution in [3.63, 3.8) is 0 Å². The summed E-state index contributed by atoms with van der Waals surface area (Å²) < 4.78 is 18.1. The highest BCUT2D eigenvalue weighted by atomic mass is 16.7. The van der Waals surface area contributed by atoms with Crippen molar-refractivity contribution in [3.05, 3.63) is 71.3 Å². The maximum Gasteiger partial charge on any atom is 0.340 e. The number of benzene rings is 1. The normalized spacial score (nSPS) is 12.2. The molecule has 6 nitrogen and oxygen atoms in total. The number of carbonyl (C=O) groups excluding carboxylic acids is 1. The smallest absolute Gasteiger partial charge is 0.340 e. The van der Waals surface area contributed by atoms with E-state index in [0.717, 1.165) is 22.6 Å². The Kier molecular flexibility index (Phi) is 4.08. The number of pyridine rings is 1. The Morgan fingerprint density at radius 2 is 2.04 bits per heavy atom. The highest BCUT2D eigenvalue weighted by Gasteiger charge is 2.19. The lowest BCUT2D eigenvalue weighted by Gasteiger charge is -2.09. The summed E-state index contributed by atoms with van der Waals surface area (Å²) in [4.78, 5) is 16.7. The van der Waals surface area contributed by atoms with Crippen LogP contribution in [0, 0.1) is 13.8 Å². The van der Waals surface area contributed by atoms with E-state index in [-0.39, 0.29) is 19.4 Å². The molecular weight excluding hydrogens is 332 g/mol. The van der Waals surface area contributed by atoms with Gasteiger partial charge in [-0.05, 0) is 49.7 Å². The average Bonchev–Trinajstić information content (AvgIpc) is 3.24. The van der Waals surface area contributed by atoms with E-state index in [2.05, 4.69) is 4.98 Å². The molecule has 0 spiro atoms. The third-order valence-corrected chi connectivity index (χ3v) is 4.36. The van der Waals surface area contributed by atoms with Crippen LogP contribution in [0.4, 0.5) is 0 Å². The predicted octanol–water partition coefficient (Wildman–Crippen LogP) is 3.57. The molecule has 26 heavy (non-hydrogen) atoms. The molecule has 1 aliphatic heterocycles. The number of nitrogens with zero attached hydrogens (tertiary/aromatic N) is 2. The number of hydrogen-bond donors (Lipinski definition) is 0. The summed E-state index contributed by atoms with van der Waals surface area (Å²) in [6.07, 6.45) is 3.49. The van der Waals surface area contributed by atoms with Gasteiger partial charge in [0.15, 0.2) is 11.5 Å². The number of ether oxygens (including phenoxy) is 3. The molecule has 0 fully saturated rings. The van der Waals surface area contributed by atoms with Crippen molar-refractivity contribution in [3.8, 4) is 17.2 Å². The minimum atomic E-state index is -0.356. The fourth-order valence-corrected chi connectivity index (χ4v) is 3.11. The summed E-state index contributed by atoms with van der Waals surface area (Å²) in [5.74, 6) is 1.03. The lowest BCUT2D eigenvalue weighted by molar-refractivity contribution is 0.0471. The van der Waals surface area contributed by atoms with Gasteiger partial charge in [-0.2, -0.15) is 0 Å². The van der Waals surface area contributed by atoms with Gasteiger partial charge in [0.2, 0.25) is 6.79 Å². The van der Waals surface area contributed by atoms with Crippen LogP contribution in [0.15, 0.2) is 48.8 Å². The van der Waals surface area contributed by atoms with Crippen LogP contribution in [-0.4, -0.2) is 22.3 Å². The van der Waals surface area contributed by atoms with Crippen molar-refractivity contribution in [1.29, 1.82) is 0 Å². The molecular formula is C20H18N2O4. The fraction of sp³-hybridized carbons (Fsp3) is 0.200. The van der Waals surface area contributed by atoms with Gasteiger partial charge in [-0.3, -0.25) is 4.98 Å². The van der Waals surface area contributed by atoms with E-state index >= 15 is 0 Å². The summed E-state index contributed by atoms with van der Waals surface area (Å²) in [5, 5.41) is 0. The minimum Gasteiger partial charge on any atom is -0.457 e. The molecule has 132 valence electrons. The first-order chi connectivity index (χ1) is 12.6. The number of carbonyl (C=O) groups is 1. The first kappa shape index (κ1) is 16.2. The Morgan fingerprint density at radius 1 is 1.19 bits per heavy atom. The van der Waals surface area contributed by atoms with E-state index in [4.69, 9.17) is 14.2 Å². The molecule has 4 rings (SSSR count). The quantitative estimate of drug-likeness (QED) is 0.673. The van der Waals surface area contributed by atoms with E-state index in [0.29, 0.717) is 17.1 Å². The molecule has 0 radical (unpaired) electrons. The van der Waals surface area contributed by atoms with Crippen LogP contribution in [0.2, 0.25) is 0 Å². The third kappa shape index (κ3) is 2.90. The van der Waals surface area contributed by atoms with Crippen LogP contribution >= 0.6 is 0 Å². The molecule has 1 aromatic carbocycles. The van der Waals surface area contributed by atoms with Gasteiger partial charge < -0.3 is 18.8 Å². The summed E-state index contributed by atoms with van der Waals surface area (Å²) in [6, 6.07) is 11.2. The molecule has 0 saturated heterocycles. The van der Waals surface area contributed by atoms with Crippen LogP contribution in [-0.2, 0) is 11.3 Å². The van der Waals surface area contributed by atoms with Crippen molar-refractivity contribution >= 4 is 5.97 Å². The monoisotopic (exact) mass is 350 g/mol. The first-order valence-corrected chi connectivity index (χ1v) is 8.28. The Morgan fingerprint density at radius 3 is 2.85 bits per heavy atom. The van der Waals surface area contributed by atoms with Crippen molar-refractivity contribution in [2.24, 2.45) is 0 Å². The summed E-state index contributed by atoms with van der Waals surface area (Å²) in [5.41, 5.74) is 4.09. The van der Waals surface area contributed by atoms with Crippen LogP contribution in [0.5, 0.6) is 11.5 Å². The molecule has 3 heterocycles. The summed E-state index contributed by atoms with van der Waals surface area (Å²) in [6.45, 7) is 4.25. The molecule has 6 heteroatoms. The molecule has 2 aromatic heterocycles. The zero-order valence-corrected chi connectivity index (χ0v) is 14.6. The molecule has 0 saturated carbocycles. The van der Waals surface area contributed by atoms with Crippen molar-refractivity contribution in [2.75, 3.05) is 6.79 Å². The highest BCUT2D eigenvalue weighted by molar-refractivity contribution is 5.91. The number of aryl methyl sites for hydroxylation is 1. The summed E-state index contributed by atoms with van der Waals surface area (Å²) in [7, 11) is 0. The minimum absolute atomic E-state index is 0.173. The first-order valence-electron chi connectivity index (χ1n) is 8.28. The number of hydrogen-bond acceptors (Lipinski definition) is 5. The molecule has 3 aromatic rings. The van der Waals surface area contributed by atoms with Gasteiger partial charge >= 0.3 is 5.97 Å². The molecule has 1 aliphatic rings. The second-order valence-electron chi connectivity index (χ2n) is 6.10. The largest absolute Gasteiger partial charge is 0.457 e. The molecule has 0 atom stereocenters. The molecule has 0 N–H and O–H groups in total. The topological polar surface area (TPSA) is 62.6 Å². The Hall–Kier alpha value is -3.28. The van der Waals surface area contributed by atoms with E-state index in [1.54, 1.807) is 12.4 Å². The van der Waals surface area contributed by atoms with E-state index < -0.39 is 0 Å². The van der Waals surface area contributed by atoms with Gasteiger partial charge in [-0.1, -0.05) is 6.07 Å². The van der Waals surface area contributed by atoms with Crippen LogP contribution < -0.4 is 9.47 Å². The number of esters is 1. The van der Waals surface area contributed by atoms with Gasteiger partial charge in [-0.25, -0.2) is 4.79 Å². The number of rotatable bonds is 4. The van der Waals surface area contributed by atoms with Gasteiger partial charge in [0, 0.05) is 17.6 Å². The number of aromatic nitrogens is 2. The molecule has 0 amide bonds. The average molecular weight is 350 g/mol. The fourth-order valence-electron chi connectivity index (χ4n) is 3.11. The van der Waals surface area contributed by atoms with Crippen LogP contribution in [0.25, 0.3) is 5.69 Å². The maximum atomic E-state index is 12.6. The SMILES string of the molecule is Cc1cc(C(=O)OCc2ccc3c(c2)OCO3)c(C)n1-c1cccnc1. The lowest BCUT2D eigenvalue weighted by Crippen LogP contribution is -2.07. The predicted molar refractivity (Wildman–Crippen MR) is 94.7 cm³/mol. The standard InChI is InChI=1S/C20H18N2O4/c1-13-8-17(14(2)22(13)16-4-3-7-21-10-16)20(23)24-11-15-5-6-18-19(9-15)26-12-25-18/h3-10H,11-12H2,1-2H3. The van der Waals surface area contributed by atoms with E-state index in [1.807, 2.05) is 54.8 Å².